The lowest BCUT2D eigenvalue weighted by Crippen LogP contribution is -2.43. The van der Waals surface area contributed by atoms with E-state index < -0.39 is 28.5 Å². The first-order valence-corrected chi connectivity index (χ1v) is 7.89. The lowest BCUT2D eigenvalue weighted by molar-refractivity contribution is 0.239. The van der Waals surface area contributed by atoms with Crippen molar-refractivity contribution in [3.05, 3.63) is 35.4 Å². The van der Waals surface area contributed by atoms with Gasteiger partial charge in [0.25, 0.3) is 0 Å². The Kier molecular flexibility index (Phi) is 6.57. The summed E-state index contributed by atoms with van der Waals surface area (Å²) in [6, 6.07) is 2.74. The van der Waals surface area contributed by atoms with Crippen molar-refractivity contribution in [3.63, 3.8) is 0 Å². The van der Waals surface area contributed by atoms with Crippen LogP contribution in [-0.2, 0) is 17.2 Å². The third-order valence-electron chi connectivity index (χ3n) is 2.56. The fourth-order valence-corrected chi connectivity index (χ4v) is 2.49. The first kappa shape index (κ1) is 16.6. The van der Waals surface area contributed by atoms with Crippen LogP contribution >= 0.6 is 0 Å². The third-order valence-corrected chi connectivity index (χ3v) is 3.53. The summed E-state index contributed by atoms with van der Waals surface area (Å²) in [6.07, 6.45) is 1.83. The number of hydrogen-bond acceptors (Lipinski definition) is 2. The maximum absolute atomic E-state index is 13.3. The van der Waals surface area contributed by atoms with Crippen molar-refractivity contribution in [2.24, 2.45) is 0 Å². The molecule has 0 spiro atoms. The van der Waals surface area contributed by atoms with Crippen LogP contribution < -0.4 is 10.6 Å². The molecule has 0 aliphatic carbocycles. The molecular formula is C13H18F2N2O2S. The van der Waals surface area contributed by atoms with Crippen molar-refractivity contribution in [2.45, 2.75) is 19.4 Å². The van der Waals surface area contributed by atoms with Gasteiger partial charge in [-0.1, -0.05) is 6.07 Å². The average Bonchev–Trinajstić information content (AvgIpc) is 2.30. The van der Waals surface area contributed by atoms with Gasteiger partial charge in [-0.2, -0.15) is 0 Å². The lowest BCUT2D eigenvalue weighted by Gasteiger charge is -2.13. The zero-order valence-corrected chi connectivity index (χ0v) is 12.2. The smallest absolute Gasteiger partial charge is 0.315 e. The summed E-state index contributed by atoms with van der Waals surface area (Å²) >= 11 is 0. The fourth-order valence-electron chi connectivity index (χ4n) is 1.70. The number of halogens is 2. The number of amides is 2. The minimum Gasteiger partial charge on any atom is -0.338 e. The Bertz CT molecular complexity index is 497. The quantitative estimate of drug-likeness (QED) is 0.838. The minimum atomic E-state index is -0.980. The molecule has 0 radical (unpaired) electrons. The van der Waals surface area contributed by atoms with Gasteiger partial charge in [-0.3, -0.25) is 4.21 Å². The first-order chi connectivity index (χ1) is 9.38. The fraction of sp³-hybridized carbons (Fsp3) is 0.462. The number of benzene rings is 1. The van der Waals surface area contributed by atoms with Crippen LogP contribution in [0.15, 0.2) is 18.2 Å². The molecule has 1 rings (SSSR count). The lowest BCUT2D eigenvalue weighted by atomic mass is 10.1. The van der Waals surface area contributed by atoms with Crippen LogP contribution in [0.2, 0.25) is 0 Å². The summed E-state index contributed by atoms with van der Waals surface area (Å²) in [5.74, 6) is -0.875. The highest BCUT2D eigenvalue weighted by Crippen LogP contribution is 2.09. The van der Waals surface area contributed by atoms with Crippen molar-refractivity contribution >= 4 is 16.8 Å². The Morgan fingerprint density at radius 1 is 1.40 bits per heavy atom. The Morgan fingerprint density at radius 2 is 2.10 bits per heavy atom. The van der Waals surface area contributed by atoms with Crippen molar-refractivity contribution in [1.29, 1.82) is 0 Å². The summed E-state index contributed by atoms with van der Waals surface area (Å²) in [5.41, 5.74) is 0.342. The maximum Gasteiger partial charge on any atom is 0.315 e. The van der Waals surface area contributed by atoms with Gasteiger partial charge in [-0.25, -0.2) is 13.6 Å². The van der Waals surface area contributed by atoms with E-state index in [1.807, 2.05) is 0 Å². The molecule has 2 N–H and O–H groups in total. The highest BCUT2D eigenvalue weighted by Gasteiger charge is 2.09. The van der Waals surface area contributed by atoms with Crippen LogP contribution in [0, 0.1) is 11.6 Å². The molecule has 0 unspecified atom stereocenters. The Labute approximate surface area is 119 Å². The number of rotatable bonds is 6. The van der Waals surface area contributed by atoms with Gasteiger partial charge >= 0.3 is 6.03 Å². The van der Waals surface area contributed by atoms with Gasteiger partial charge in [0.05, 0.1) is 0 Å². The molecule has 20 heavy (non-hydrogen) atoms. The third kappa shape index (κ3) is 6.10. The van der Waals surface area contributed by atoms with E-state index in [0.717, 1.165) is 6.07 Å². The van der Waals surface area contributed by atoms with E-state index in [9.17, 15) is 17.8 Å². The molecule has 7 heteroatoms. The van der Waals surface area contributed by atoms with Crippen molar-refractivity contribution in [1.82, 2.24) is 10.6 Å². The molecule has 0 heterocycles. The monoisotopic (exact) mass is 304 g/mol. The van der Waals surface area contributed by atoms with Crippen molar-refractivity contribution < 1.29 is 17.8 Å². The van der Waals surface area contributed by atoms with Crippen LogP contribution in [0.1, 0.15) is 12.5 Å². The predicted molar refractivity (Wildman–Crippen MR) is 75.0 cm³/mol. The first-order valence-electron chi connectivity index (χ1n) is 6.17. The second-order valence-corrected chi connectivity index (χ2v) is 6.01. The molecule has 0 saturated heterocycles. The summed E-state index contributed by atoms with van der Waals surface area (Å²) in [5, 5.41) is 5.19. The van der Waals surface area contributed by atoms with E-state index in [1.165, 1.54) is 12.1 Å². The van der Waals surface area contributed by atoms with Gasteiger partial charge in [0.1, 0.15) is 11.6 Å². The molecule has 0 aromatic heterocycles. The van der Waals surface area contributed by atoms with E-state index in [4.69, 9.17) is 0 Å². The van der Waals surface area contributed by atoms with Crippen molar-refractivity contribution in [3.8, 4) is 0 Å². The van der Waals surface area contributed by atoms with Gasteiger partial charge in [0.2, 0.25) is 0 Å². The second kappa shape index (κ2) is 7.94. The molecule has 2 atom stereocenters. The zero-order chi connectivity index (χ0) is 15.1. The van der Waals surface area contributed by atoms with Gasteiger partial charge in [0, 0.05) is 41.5 Å². The van der Waals surface area contributed by atoms with Crippen LogP contribution in [0.5, 0.6) is 0 Å². The number of carbonyl (C=O) groups is 1. The second-order valence-electron chi connectivity index (χ2n) is 4.53. The zero-order valence-electron chi connectivity index (χ0n) is 11.4. The molecule has 2 amide bonds. The van der Waals surface area contributed by atoms with E-state index in [-0.39, 0.29) is 19.0 Å². The molecule has 1 aromatic rings. The molecule has 0 fully saturated rings. The van der Waals surface area contributed by atoms with E-state index in [1.54, 1.807) is 13.2 Å². The number of hydrogen-bond donors (Lipinski definition) is 2. The average molecular weight is 304 g/mol. The molecule has 0 aliphatic heterocycles. The summed E-state index contributed by atoms with van der Waals surface area (Å²) < 4.78 is 37.0. The molecule has 1 aromatic carbocycles. The van der Waals surface area contributed by atoms with Gasteiger partial charge < -0.3 is 10.6 Å². The minimum absolute atomic E-state index is 0.205. The molecule has 0 aliphatic rings. The van der Waals surface area contributed by atoms with Crippen LogP contribution in [0.4, 0.5) is 13.6 Å². The standard InChI is InChI=1S/C13H18F2N2O2S/c1-9(8-20(2)19)17-13(18)16-6-5-10-3-4-11(14)7-12(10)15/h3-4,7,9H,5-6,8H2,1-2H3,(H2,16,17,18)/t9-,20+/m0/s1. The van der Waals surface area contributed by atoms with E-state index in [2.05, 4.69) is 10.6 Å². The van der Waals surface area contributed by atoms with Crippen LogP contribution in [0.3, 0.4) is 0 Å². The molecule has 4 nitrogen and oxygen atoms in total. The Balaban J connectivity index is 2.33. The van der Waals surface area contributed by atoms with Crippen molar-refractivity contribution in [2.75, 3.05) is 18.6 Å². The van der Waals surface area contributed by atoms with Crippen LogP contribution in [0.25, 0.3) is 0 Å². The summed E-state index contributed by atoms with van der Waals surface area (Å²) in [4.78, 5) is 11.5. The Hall–Kier alpha value is -1.50. The van der Waals surface area contributed by atoms with Gasteiger partial charge in [-0.15, -0.1) is 0 Å². The number of nitrogens with one attached hydrogen (secondary N) is 2. The Morgan fingerprint density at radius 3 is 2.70 bits per heavy atom. The van der Waals surface area contributed by atoms with E-state index in [0.29, 0.717) is 11.3 Å². The highest BCUT2D eigenvalue weighted by molar-refractivity contribution is 7.84. The van der Waals surface area contributed by atoms with Gasteiger partial charge in [0.15, 0.2) is 0 Å². The van der Waals surface area contributed by atoms with Gasteiger partial charge in [-0.05, 0) is 25.0 Å². The highest BCUT2D eigenvalue weighted by atomic mass is 32.2. The molecule has 0 saturated carbocycles. The SMILES string of the molecule is C[C@@H](C[S@@](C)=O)NC(=O)NCCc1ccc(F)cc1F. The maximum atomic E-state index is 13.3. The summed E-state index contributed by atoms with van der Waals surface area (Å²) in [6.45, 7) is 1.98. The predicted octanol–water partition coefficient (Wildman–Crippen LogP) is 1.57. The number of carbonyl (C=O) groups excluding carboxylic acids is 1. The largest absolute Gasteiger partial charge is 0.338 e. The molecular weight excluding hydrogens is 286 g/mol. The van der Waals surface area contributed by atoms with E-state index >= 15 is 0 Å². The summed E-state index contributed by atoms with van der Waals surface area (Å²) in [7, 11) is -0.980. The van der Waals surface area contributed by atoms with Crippen LogP contribution in [-0.4, -0.2) is 34.8 Å². The molecule has 0 bridgehead atoms. The number of urea groups is 1. The molecule has 112 valence electrons. The normalized spacial score (nSPS) is 13.6. The topological polar surface area (TPSA) is 58.2 Å².